The fraction of sp³-hybridized carbons (Fsp3) is 0.917. The van der Waals surface area contributed by atoms with E-state index in [1.54, 1.807) is 0 Å². The van der Waals surface area contributed by atoms with Gasteiger partial charge in [0.15, 0.2) is 0 Å². The van der Waals surface area contributed by atoms with E-state index >= 15 is 0 Å². The maximum Gasteiger partial charge on any atom is 0.515 e. The van der Waals surface area contributed by atoms with Crippen molar-refractivity contribution in [3.8, 4) is 0 Å². The summed E-state index contributed by atoms with van der Waals surface area (Å²) < 4.78 is 5.22. The Balaban J connectivity index is 5.14. The average molecular weight is 216 g/mol. The summed E-state index contributed by atoms with van der Waals surface area (Å²) in [7, 11) is 3.39. The van der Waals surface area contributed by atoms with Crippen molar-refractivity contribution >= 4 is 6.09 Å². The summed E-state index contributed by atoms with van der Waals surface area (Å²) in [6, 6.07) is 0. The minimum Gasteiger partial charge on any atom is -0.423 e. The summed E-state index contributed by atoms with van der Waals surface area (Å²) in [6.07, 6.45) is -0.169. The molecule has 3 nitrogen and oxygen atoms in total. The first-order valence-electron chi connectivity index (χ1n) is 5.38. The maximum atomic E-state index is 11.9. The van der Waals surface area contributed by atoms with Gasteiger partial charge >= 0.3 is 6.09 Å². The minimum atomic E-state index is -0.169. The van der Waals surface area contributed by atoms with Crippen molar-refractivity contribution in [3.63, 3.8) is 0 Å². The monoisotopic (exact) mass is 216 g/mol. The predicted octanol–water partition coefficient (Wildman–Crippen LogP) is 3.04. The quantitative estimate of drug-likeness (QED) is 0.630. The largest absolute Gasteiger partial charge is 0.515 e. The number of methoxy groups -OCH3 is 1. The van der Waals surface area contributed by atoms with E-state index in [0.717, 1.165) is 6.54 Å². The summed E-state index contributed by atoms with van der Waals surface area (Å²) >= 11 is 0. The fourth-order valence-electron chi connectivity index (χ4n) is 1.73. The average Bonchev–Trinajstić information content (AvgIpc) is 1.97. The van der Waals surface area contributed by atoms with E-state index in [1.807, 2.05) is 7.05 Å². The molecule has 0 rings (SSSR count). The number of quaternary nitrogens is 1. The lowest BCUT2D eigenvalue weighted by molar-refractivity contribution is -0.890. The van der Waals surface area contributed by atoms with Crippen LogP contribution in [-0.4, -0.2) is 36.8 Å². The molecule has 1 unspecified atom stereocenters. The highest BCUT2D eigenvalue weighted by atomic mass is 16.5. The lowest BCUT2D eigenvalue weighted by atomic mass is 9.91. The van der Waals surface area contributed by atoms with Crippen molar-refractivity contribution in [2.75, 3.05) is 20.7 Å². The zero-order valence-corrected chi connectivity index (χ0v) is 11.5. The van der Waals surface area contributed by atoms with Gasteiger partial charge in [-0.15, -0.1) is 0 Å². The summed E-state index contributed by atoms with van der Waals surface area (Å²) in [5, 5.41) is 0. The van der Waals surface area contributed by atoms with Gasteiger partial charge < -0.3 is 4.74 Å². The number of carbonyl (C=O) groups is 1. The number of ether oxygens (including phenoxy) is 1. The van der Waals surface area contributed by atoms with Gasteiger partial charge in [-0.2, -0.15) is 4.79 Å². The smallest absolute Gasteiger partial charge is 0.423 e. The Morgan fingerprint density at radius 2 is 1.53 bits per heavy atom. The van der Waals surface area contributed by atoms with Crippen LogP contribution in [0.5, 0.6) is 0 Å². The summed E-state index contributed by atoms with van der Waals surface area (Å²) in [6.45, 7) is 13.4. The van der Waals surface area contributed by atoms with Gasteiger partial charge in [0.1, 0.15) is 5.54 Å². The molecule has 0 spiro atoms. The summed E-state index contributed by atoms with van der Waals surface area (Å²) in [5.41, 5.74) is -0.0589. The first-order valence-corrected chi connectivity index (χ1v) is 5.38. The first kappa shape index (κ1) is 14.4. The minimum absolute atomic E-state index is 0.0935. The van der Waals surface area contributed by atoms with Crippen LogP contribution in [0.4, 0.5) is 4.79 Å². The van der Waals surface area contributed by atoms with Crippen LogP contribution in [0.15, 0.2) is 0 Å². The molecule has 0 aliphatic carbocycles. The third-order valence-corrected chi connectivity index (χ3v) is 2.85. The Labute approximate surface area is 94.0 Å². The molecular weight excluding hydrogens is 190 g/mol. The maximum absolute atomic E-state index is 11.9. The highest BCUT2D eigenvalue weighted by Gasteiger charge is 2.47. The van der Waals surface area contributed by atoms with Crippen LogP contribution in [0.1, 0.15) is 41.5 Å². The Morgan fingerprint density at radius 1 is 1.13 bits per heavy atom. The molecular formula is C12H26NO2+. The van der Waals surface area contributed by atoms with Crippen LogP contribution in [0.2, 0.25) is 0 Å². The number of hydrogen-bond acceptors (Lipinski definition) is 2. The van der Waals surface area contributed by atoms with Crippen LogP contribution >= 0.6 is 0 Å². The van der Waals surface area contributed by atoms with Crippen LogP contribution in [0, 0.1) is 5.41 Å². The molecule has 0 saturated carbocycles. The predicted molar refractivity (Wildman–Crippen MR) is 62.7 cm³/mol. The first-order chi connectivity index (χ1) is 6.44. The van der Waals surface area contributed by atoms with Crippen LogP contribution < -0.4 is 0 Å². The molecule has 0 aliphatic rings. The van der Waals surface area contributed by atoms with E-state index in [2.05, 4.69) is 41.5 Å². The molecule has 0 N–H and O–H groups in total. The molecule has 0 aromatic rings. The SMILES string of the molecule is COC(=O)[N+](C)(CC(C)(C)C)C(C)(C)C. The van der Waals surface area contributed by atoms with Crippen molar-refractivity contribution in [1.29, 1.82) is 0 Å². The molecule has 0 fully saturated rings. The lowest BCUT2D eigenvalue weighted by Crippen LogP contribution is -2.63. The third kappa shape index (κ3) is 3.49. The fourth-order valence-corrected chi connectivity index (χ4v) is 1.73. The molecule has 1 atom stereocenters. The second kappa shape index (κ2) is 4.12. The second-order valence-electron chi connectivity index (χ2n) is 6.55. The third-order valence-electron chi connectivity index (χ3n) is 2.85. The molecule has 0 bridgehead atoms. The van der Waals surface area contributed by atoms with E-state index in [4.69, 9.17) is 4.74 Å². The van der Waals surface area contributed by atoms with Crippen molar-refractivity contribution in [2.45, 2.75) is 47.1 Å². The molecule has 0 radical (unpaired) electrons. The van der Waals surface area contributed by atoms with E-state index in [-0.39, 0.29) is 17.0 Å². The number of hydrogen-bond donors (Lipinski definition) is 0. The van der Waals surface area contributed by atoms with Crippen molar-refractivity contribution < 1.29 is 14.0 Å². The van der Waals surface area contributed by atoms with Gasteiger partial charge in [-0.05, 0) is 20.8 Å². The zero-order chi connectivity index (χ0) is 12.5. The van der Waals surface area contributed by atoms with Gasteiger partial charge in [-0.1, -0.05) is 20.8 Å². The van der Waals surface area contributed by atoms with Gasteiger partial charge in [-0.3, -0.25) is 0 Å². The Kier molecular flexibility index (Phi) is 3.97. The van der Waals surface area contributed by atoms with E-state index in [9.17, 15) is 4.79 Å². The zero-order valence-electron chi connectivity index (χ0n) is 11.5. The Bertz CT molecular complexity index is 235. The molecule has 3 heteroatoms. The number of nitrogens with zero attached hydrogens (tertiary/aromatic N) is 1. The molecule has 0 saturated heterocycles. The van der Waals surface area contributed by atoms with Gasteiger partial charge in [-0.25, -0.2) is 4.48 Å². The Hall–Kier alpha value is -0.570. The topological polar surface area (TPSA) is 26.3 Å². The molecule has 1 amide bonds. The molecule has 90 valence electrons. The van der Waals surface area contributed by atoms with Gasteiger partial charge in [0.25, 0.3) is 0 Å². The van der Waals surface area contributed by atoms with E-state index in [1.165, 1.54) is 7.11 Å². The van der Waals surface area contributed by atoms with E-state index < -0.39 is 0 Å². The molecule has 0 aromatic carbocycles. The van der Waals surface area contributed by atoms with Crippen LogP contribution in [0.25, 0.3) is 0 Å². The standard InChI is InChI=1S/C12H26NO2/c1-11(2,3)9-13(7,10(14)15-8)12(4,5)6/h9H2,1-8H3/q+1. The molecule has 0 aliphatic heterocycles. The number of amides is 1. The number of rotatable bonds is 1. The summed E-state index contributed by atoms with van der Waals surface area (Å²) in [4.78, 5) is 11.9. The van der Waals surface area contributed by atoms with Gasteiger partial charge in [0, 0.05) is 5.41 Å². The van der Waals surface area contributed by atoms with Crippen molar-refractivity contribution in [1.82, 2.24) is 0 Å². The van der Waals surface area contributed by atoms with E-state index in [0.29, 0.717) is 4.48 Å². The molecule has 0 heterocycles. The number of carbonyl (C=O) groups excluding carboxylic acids is 1. The van der Waals surface area contributed by atoms with Crippen LogP contribution in [-0.2, 0) is 4.74 Å². The van der Waals surface area contributed by atoms with Crippen molar-refractivity contribution in [3.05, 3.63) is 0 Å². The van der Waals surface area contributed by atoms with Gasteiger partial charge in [0.2, 0.25) is 0 Å². The molecule has 15 heavy (non-hydrogen) atoms. The lowest BCUT2D eigenvalue weighted by Gasteiger charge is -2.44. The van der Waals surface area contributed by atoms with Crippen LogP contribution in [0.3, 0.4) is 0 Å². The molecule has 0 aromatic heterocycles. The normalized spacial score (nSPS) is 17.1. The second-order valence-corrected chi connectivity index (χ2v) is 6.55. The highest BCUT2D eigenvalue weighted by molar-refractivity contribution is 5.59. The van der Waals surface area contributed by atoms with Crippen molar-refractivity contribution in [2.24, 2.45) is 5.41 Å². The van der Waals surface area contributed by atoms with Gasteiger partial charge in [0.05, 0.1) is 20.7 Å². The highest BCUT2D eigenvalue weighted by Crippen LogP contribution is 2.29. The summed E-state index contributed by atoms with van der Waals surface area (Å²) in [5.74, 6) is 0. The Morgan fingerprint density at radius 3 is 1.73 bits per heavy atom.